The van der Waals surface area contributed by atoms with E-state index in [0.29, 0.717) is 0 Å². The van der Waals surface area contributed by atoms with Gasteiger partial charge in [-0.05, 0) is 27.4 Å². The number of rotatable bonds is 3. The molecule has 1 aliphatic carbocycles. The van der Waals surface area contributed by atoms with Crippen molar-refractivity contribution in [2.75, 3.05) is 11.9 Å². The van der Waals surface area contributed by atoms with E-state index in [1.54, 1.807) is 0 Å². The number of H-pyrrole nitrogens is 1. The normalized spacial score (nSPS) is 12.5. The first-order valence-corrected chi connectivity index (χ1v) is 7.40. The monoisotopic (exact) mass is 323 g/mol. The highest BCUT2D eigenvalue weighted by molar-refractivity contribution is 5.82. The molecule has 24 heavy (non-hydrogen) atoms. The number of ether oxygens (including phenoxy) is 1. The highest BCUT2D eigenvalue weighted by atomic mass is 16.6. The zero-order valence-corrected chi connectivity index (χ0v) is 12.5. The second-order valence-corrected chi connectivity index (χ2v) is 5.39. The van der Waals surface area contributed by atoms with Crippen molar-refractivity contribution < 1.29 is 14.1 Å². The molecule has 1 amide bonds. The number of hydrogen-bond donors (Lipinski definition) is 2. The van der Waals surface area contributed by atoms with Crippen LogP contribution in [0.5, 0.6) is 0 Å². The standard InChI is InChI=1S/C17H13N3O4/c21-16(18-15-19-17(22)24-20-15)23-9-14-12-7-3-1-5-10(12)11-6-2-4-8-13(11)14/h1-8,14H,9H2,(H2,18,19,20,21,22). The summed E-state index contributed by atoms with van der Waals surface area (Å²) >= 11 is 0. The number of aromatic nitrogens is 2. The number of anilines is 1. The molecule has 7 nitrogen and oxygen atoms in total. The van der Waals surface area contributed by atoms with Gasteiger partial charge in [-0.25, -0.2) is 9.59 Å². The summed E-state index contributed by atoms with van der Waals surface area (Å²) in [6.45, 7) is 0.182. The van der Waals surface area contributed by atoms with E-state index in [1.165, 1.54) is 0 Å². The lowest BCUT2D eigenvalue weighted by Gasteiger charge is -2.13. The van der Waals surface area contributed by atoms with Gasteiger partial charge in [0, 0.05) is 5.92 Å². The van der Waals surface area contributed by atoms with Crippen molar-refractivity contribution in [3.05, 3.63) is 70.2 Å². The molecule has 0 saturated carbocycles. The average molecular weight is 323 g/mol. The van der Waals surface area contributed by atoms with Gasteiger partial charge in [-0.1, -0.05) is 48.5 Å². The molecule has 1 aromatic heterocycles. The molecule has 2 N–H and O–H groups in total. The van der Waals surface area contributed by atoms with Crippen molar-refractivity contribution in [2.24, 2.45) is 0 Å². The van der Waals surface area contributed by atoms with E-state index >= 15 is 0 Å². The maximum absolute atomic E-state index is 11.9. The van der Waals surface area contributed by atoms with Crippen LogP contribution < -0.4 is 11.1 Å². The Labute approximate surface area is 136 Å². The topological polar surface area (TPSA) is 97.2 Å². The molecular formula is C17H13N3O4. The van der Waals surface area contributed by atoms with E-state index < -0.39 is 11.8 Å². The number of aromatic amines is 1. The summed E-state index contributed by atoms with van der Waals surface area (Å²) in [7, 11) is 0. The predicted octanol–water partition coefficient (Wildman–Crippen LogP) is 2.72. The molecule has 120 valence electrons. The third-order valence-electron chi connectivity index (χ3n) is 4.00. The van der Waals surface area contributed by atoms with Crippen LogP contribution in [0, 0.1) is 0 Å². The SMILES string of the molecule is O=C(Nc1noc(=O)[nH]1)OCC1c2ccccc2-c2ccccc21. The van der Waals surface area contributed by atoms with Gasteiger partial charge in [0.25, 0.3) is 5.95 Å². The van der Waals surface area contributed by atoms with Crippen LogP contribution in [0.25, 0.3) is 11.1 Å². The van der Waals surface area contributed by atoms with Crippen molar-refractivity contribution >= 4 is 12.0 Å². The number of carbonyl (C=O) groups excluding carboxylic acids is 1. The number of nitrogens with zero attached hydrogens (tertiary/aromatic N) is 1. The maximum atomic E-state index is 11.9. The van der Waals surface area contributed by atoms with Crippen molar-refractivity contribution in [1.29, 1.82) is 0 Å². The Kier molecular flexibility index (Phi) is 3.38. The third-order valence-corrected chi connectivity index (χ3v) is 4.00. The maximum Gasteiger partial charge on any atom is 0.440 e. The molecule has 0 unspecified atom stereocenters. The van der Waals surface area contributed by atoms with E-state index in [9.17, 15) is 9.59 Å². The summed E-state index contributed by atoms with van der Waals surface area (Å²) in [5.41, 5.74) is 4.56. The van der Waals surface area contributed by atoms with Gasteiger partial charge in [0.15, 0.2) is 0 Å². The fraction of sp³-hybridized carbons (Fsp3) is 0.118. The fourth-order valence-corrected chi connectivity index (χ4v) is 3.01. The predicted molar refractivity (Wildman–Crippen MR) is 85.8 cm³/mol. The number of benzene rings is 2. The Morgan fingerprint density at radius 2 is 1.75 bits per heavy atom. The molecule has 1 aliphatic rings. The molecule has 0 atom stereocenters. The van der Waals surface area contributed by atoms with Gasteiger partial charge in [0.05, 0.1) is 0 Å². The minimum Gasteiger partial charge on any atom is -0.448 e. The molecule has 0 saturated heterocycles. The van der Waals surface area contributed by atoms with E-state index in [-0.39, 0.29) is 18.5 Å². The second-order valence-electron chi connectivity index (χ2n) is 5.39. The van der Waals surface area contributed by atoms with Crippen LogP contribution in [-0.2, 0) is 4.74 Å². The summed E-state index contributed by atoms with van der Waals surface area (Å²) in [6, 6.07) is 16.1. The van der Waals surface area contributed by atoms with Crippen LogP contribution in [0.2, 0.25) is 0 Å². The summed E-state index contributed by atoms with van der Waals surface area (Å²) in [6.07, 6.45) is -0.707. The second kappa shape index (κ2) is 5.69. The van der Waals surface area contributed by atoms with E-state index in [4.69, 9.17) is 4.74 Å². The van der Waals surface area contributed by atoms with Crippen molar-refractivity contribution in [2.45, 2.75) is 5.92 Å². The number of fused-ring (bicyclic) bond motifs is 3. The highest BCUT2D eigenvalue weighted by Crippen LogP contribution is 2.44. The summed E-state index contributed by atoms with van der Waals surface area (Å²) in [5, 5.41) is 5.67. The first-order chi connectivity index (χ1) is 11.7. The molecule has 0 bridgehead atoms. The number of nitrogens with one attached hydrogen (secondary N) is 2. The Hall–Kier alpha value is -3.35. The minimum absolute atomic E-state index is 0.0282. The Morgan fingerprint density at radius 1 is 1.12 bits per heavy atom. The number of carbonyl (C=O) groups is 1. The number of hydrogen-bond acceptors (Lipinski definition) is 5. The quantitative estimate of drug-likeness (QED) is 0.772. The van der Waals surface area contributed by atoms with Crippen LogP contribution >= 0.6 is 0 Å². The largest absolute Gasteiger partial charge is 0.448 e. The van der Waals surface area contributed by atoms with Crippen molar-refractivity contribution in [3.8, 4) is 11.1 Å². The van der Waals surface area contributed by atoms with Gasteiger partial charge in [-0.2, -0.15) is 0 Å². The third kappa shape index (κ3) is 2.45. The molecule has 0 radical (unpaired) electrons. The van der Waals surface area contributed by atoms with Crippen LogP contribution in [0.3, 0.4) is 0 Å². The Bertz CT molecular complexity index is 914. The highest BCUT2D eigenvalue weighted by Gasteiger charge is 2.29. The first-order valence-electron chi connectivity index (χ1n) is 7.40. The van der Waals surface area contributed by atoms with Gasteiger partial charge >= 0.3 is 11.8 Å². The molecule has 1 heterocycles. The van der Waals surface area contributed by atoms with Gasteiger partial charge in [-0.15, -0.1) is 0 Å². The molecule has 0 fully saturated rings. The van der Waals surface area contributed by atoms with Crippen molar-refractivity contribution in [3.63, 3.8) is 0 Å². The summed E-state index contributed by atoms with van der Waals surface area (Å²) in [4.78, 5) is 24.9. The molecule has 4 rings (SSSR count). The van der Waals surface area contributed by atoms with Gasteiger partial charge in [0.2, 0.25) is 0 Å². The molecule has 7 heteroatoms. The van der Waals surface area contributed by atoms with Gasteiger partial charge in [-0.3, -0.25) is 14.8 Å². The average Bonchev–Trinajstić information content (AvgIpc) is 3.14. The van der Waals surface area contributed by atoms with E-state index in [2.05, 4.69) is 32.1 Å². The molecule has 2 aromatic carbocycles. The molecule has 0 spiro atoms. The van der Waals surface area contributed by atoms with Gasteiger partial charge in [0.1, 0.15) is 6.61 Å². The Balaban J connectivity index is 1.52. The fourth-order valence-electron chi connectivity index (χ4n) is 3.01. The van der Waals surface area contributed by atoms with E-state index in [0.717, 1.165) is 22.3 Å². The molecular weight excluding hydrogens is 310 g/mol. The summed E-state index contributed by atoms with van der Waals surface area (Å²) in [5.74, 6) is -0.860. The first kappa shape index (κ1) is 14.3. The van der Waals surface area contributed by atoms with Crippen molar-refractivity contribution in [1.82, 2.24) is 10.1 Å². The van der Waals surface area contributed by atoms with Crippen LogP contribution in [0.15, 0.2) is 57.8 Å². The smallest absolute Gasteiger partial charge is 0.440 e. The van der Waals surface area contributed by atoms with Gasteiger partial charge < -0.3 is 4.74 Å². The molecule has 0 aliphatic heterocycles. The van der Waals surface area contributed by atoms with E-state index in [1.807, 2.05) is 36.4 Å². The lowest BCUT2D eigenvalue weighted by molar-refractivity contribution is 0.158. The minimum atomic E-state index is -0.746. The lowest BCUT2D eigenvalue weighted by Crippen LogP contribution is -2.18. The Morgan fingerprint density at radius 3 is 2.33 bits per heavy atom. The zero-order chi connectivity index (χ0) is 16.5. The zero-order valence-electron chi connectivity index (χ0n) is 12.5. The van der Waals surface area contributed by atoms with Crippen LogP contribution in [0.1, 0.15) is 17.0 Å². The van der Waals surface area contributed by atoms with Crippen LogP contribution in [0.4, 0.5) is 10.7 Å². The molecule has 3 aromatic rings. The summed E-state index contributed by atoms with van der Waals surface area (Å²) < 4.78 is 9.60. The number of amides is 1. The van der Waals surface area contributed by atoms with Crippen LogP contribution in [-0.4, -0.2) is 22.8 Å². The lowest BCUT2D eigenvalue weighted by atomic mass is 9.98.